The zero-order valence-electron chi connectivity index (χ0n) is 11.1. The molecule has 1 N–H and O–H groups in total. The van der Waals surface area contributed by atoms with Crippen LogP contribution in [0, 0.1) is 5.82 Å². The van der Waals surface area contributed by atoms with Gasteiger partial charge < -0.3 is 0 Å². The highest BCUT2D eigenvalue weighted by molar-refractivity contribution is 6.30. The Bertz CT molecular complexity index is 764. The molecule has 3 rings (SSSR count). The van der Waals surface area contributed by atoms with Crippen LogP contribution in [0.3, 0.4) is 0 Å². The Balaban J connectivity index is 2.03. The molecule has 1 heterocycles. The van der Waals surface area contributed by atoms with Crippen LogP contribution >= 0.6 is 11.6 Å². The van der Waals surface area contributed by atoms with Gasteiger partial charge in [0.15, 0.2) is 0 Å². The van der Waals surface area contributed by atoms with Crippen LogP contribution in [-0.2, 0) is 12.8 Å². The number of hydrogen-bond donors (Lipinski definition) is 1. The van der Waals surface area contributed by atoms with Gasteiger partial charge in [0, 0.05) is 16.8 Å². The standard InChI is InChI=1S/C16H14ClFN2/c1-2-10-4-3-5-13-15(19-20-16(10)13)8-11-6-7-12(17)9-14(11)18/h3-7,9H,2,8H2,1H3,(H,19,20). The van der Waals surface area contributed by atoms with Crippen LogP contribution in [0.4, 0.5) is 4.39 Å². The largest absolute Gasteiger partial charge is 0.277 e. The van der Waals surface area contributed by atoms with E-state index in [1.54, 1.807) is 12.1 Å². The van der Waals surface area contributed by atoms with E-state index in [-0.39, 0.29) is 5.82 Å². The zero-order chi connectivity index (χ0) is 14.1. The molecular formula is C16H14ClFN2. The highest BCUT2D eigenvalue weighted by atomic mass is 35.5. The van der Waals surface area contributed by atoms with Gasteiger partial charge in [0.25, 0.3) is 0 Å². The molecule has 20 heavy (non-hydrogen) atoms. The van der Waals surface area contributed by atoms with E-state index in [9.17, 15) is 4.39 Å². The molecule has 0 bridgehead atoms. The number of para-hydroxylation sites is 1. The SMILES string of the molecule is CCc1cccc2c(Cc3ccc(Cl)cc3F)n[nH]c12. The first-order chi connectivity index (χ1) is 9.69. The predicted octanol–water partition coefficient (Wildman–Crippen LogP) is 4.51. The van der Waals surface area contributed by atoms with Crippen molar-refractivity contribution in [2.45, 2.75) is 19.8 Å². The number of aryl methyl sites for hydroxylation is 1. The normalized spacial score (nSPS) is 11.2. The summed E-state index contributed by atoms with van der Waals surface area (Å²) in [7, 11) is 0. The molecule has 0 saturated heterocycles. The average molecular weight is 289 g/mol. The van der Waals surface area contributed by atoms with Crippen molar-refractivity contribution in [3.63, 3.8) is 0 Å². The molecule has 102 valence electrons. The Morgan fingerprint density at radius 1 is 1.20 bits per heavy atom. The van der Waals surface area contributed by atoms with Crippen molar-refractivity contribution < 1.29 is 4.39 Å². The molecule has 2 nitrogen and oxygen atoms in total. The maximum Gasteiger partial charge on any atom is 0.128 e. The number of aromatic nitrogens is 2. The molecule has 0 spiro atoms. The van der Waals surface area contributed by atoms with Gasteiger partial charge in [0.2, 0.25) is 0 Å². The molecule has 0 amide bonds. The summed E-state index contributed by atoms with van der Waals surface area (Å²) in [6.45, 7) is 2.11. The second-order valence-corrected chi connectivity index (χ2v) is 5.21. The highest BCUT2D eigenvalue weighted by Gasteiger charge is 2.11. The summed E-state index contributed by atoms with van der Waals surface area (Å²) in [5.74, 6) is -0.291. The van der Waals surface area contributed by atoms with Crippen LogP contribution in [0.1, 0.15) is 23.7 Å². The van der Waals surface area contributed by atoms with Crippen molar-refractivity contribution in [3.05, 3.63) is 64.1 Å². The molecule has 0 saturated carbocycles. The van der Waals surface area contributed by atoms with E-state index in [1.807, 2.05) is 12.1 Å². The summed E-state index contributed by atoms with van der Waals surface area (Å²) >= 11 is 5.77. The van der Waals surface area contributed by atoms with E-state index < -0.39 is 0 Å². The smallest absolute Gasteiger partial charge is 0.128 e. The van der Waals surface area contributed by atoms with Gasteiger partial charge in [-0.1, -0.05) is 42.8 Å². The van der Waals surface area contributed by atoms with Crippen LogP contribution in [0.2, 0.25) is 5.02 Å². The lowest BCUT2D eigenvalue weighted by molar-refractivity contribution is 0.613. The third kappa shape index (κ3) is 2.29. The van der Waals surface area contributed by atoms with Crippen molar-refractivity contribution in [2.24, 2.45) is 0 Å². The monoisotopic (exact) mass is 288 g/mol. The summed E-state index contributed by atoms with van der Waals surface area (Å²) < 4.78 is 13.9. The molecule has 4 heteroatoms. The third-order valence-electron chi connectivity index (χ3n) is 3.52. The number of benzene rings is 2. The summed E-state index contributed by atoms with van der Waals surface area (Å²) in [5, 5.41) is 8.86. The highest BCUT2D eigenvalue weighted by Crippen LogP contribution is 2.24. The Morgan fingerprint density at radius 3 is 2.80 bits per heavy atom. The maximum absolute atomic E-state index is 13.9. The Labute approximate surface area is 121 Å². The molecule has 0 aliphatic heterocycles. The minimum atomic E-state index is -0.291. The van der Waals surface area contributed by atoms with E-state index in [0.29, 0.717) is 17.0 Å². The molecule has 0 fully saturated rings. The number of rotatable bonds is 3. The molecule has 0 aliphatic carbocycles. The van der Waals surface area contributed by atoms with Crippen LogP contribution in [-0.4, -0.2) is 10.2 Å². The number of nitrogens with zero attached hydrogens (tertiary/aromatic N) is 1. The van der Waals surface area contributed by atoms with E-state index in [2.05, 4.69) is 23.2 Å². The van der Waals surface area contributed by atoms with Gasteiger partial charge >= 0.3 is 0 Å². The van der Waals surface area contributed by atoms with E-state index in [4.69, 9.17) is 11.6 Å². The van der Waals surface area contributed by atoms with Gasteiger partial charge in [-0.25, -0.2) is 4.39 Å². The third-order valence-corrected chi connectivity index (χ3v) is 3.75. The van der Waals surface area contributed by atoms with Crippen LogP contribution in [0.15, 0.2) is 36.4 Å². The van der Waals surface area contributed by atoms with E-state index in [1.165, 1.54) is 11.6 Å². The molecule has 1 aromatic heterocycles. The molecule has 2 aromatic carbocycles. The van der Waals surface area contributed by atoms with Crippen molar-refractivity contribution in [1.29, 1.82) is 0 Å². The lowest BCUT2D eigenvalue weighted by Crippen LogP contribution is -1.93. The molecule has 0 atom stereocenters. The van der Waals surface area contributed by atoms with Gasteiger partial charge in [-0.15, -0.1) is 0 Å². The van der Waals surface area contributed by atoms with Gasteiger partial charge in [-0.2, -0.15) is 5.10 Å². The van der Waals surface area contributed by atoms with E-state index >= 15 is 0 Å². The zero-order valence-corrected chi connectivity index (χ0v) is 11.8. The maximum atomic E-state index is 13.9. The van der Waals surface area contributed by atoms with Gasteiger partial charge in [-0.3, -0.25) is 5.10 Å². The molecule has 0 unspecified atom stereocenters. The lowest BCUT2D eigenvalue weighted by Gasteiger charge is -2.02. The van der Waals surface area contributed by atoms with Crippen LogP contribution in [0.5, 0.6) is 0 Å². The van der Waals surface area contributed by atoms with Crippen LogP contribution in [0.25, 0.3) is 10.9 Å². The van der Waals surface area contributed by atoms with Crippen molar-refractivity contribution in [2.75, 3.05) is 0 Å². The van der Waals surface area contributed by atoms with Crippen molar-refractivity contribution in [3.8, 4) is 0 Å². The Morgan fingerprint density at radius 2 is 2.05 bits per heavy atom. The minimum absolute atomic E-state index is 0.291. The molecule has 0 radical (unpaired) electrons. The van der Waals surface area contributed by atoms with Crippen LogP contribution < -0.4 is 0 Å². The summed E-state index contributed by atoms with van der Waals surface area (Å²) in [5.41, 5.74) is 3.72. The summed E-state index contributed by atoms with van der Waals surface area (Å²) in [6, 6.07) is 10.9. The first-order valence-electron chi connectivity index (χ1n) is 6.57. The average Bonchev–Trinajstić information content (AvgIpc) is 2.85. The predicted molar refractivity (Wildman–Crippen MR) is 79.7 cm³/mol. The molecular weight excluding hydrogens is 275 g/mol. The fourth-order valence-corrected chi connectivity index (χ4v) is 2.59. The first kappa shape index (κ1) is 13.1. The first-order valence-corrected chi connectivity index (χ1v) is 6.95. The second kappa shape index (κ2) is 5.25. The Hall–Kier alpha value is -1.87. The summed E-state index contributed by atoms with van der Waals surface area (Å²) in [4.78, 5) is 0. The Kier molecular flexibility index (Phi) is 3.45. The topological polar surface area (TPSA) is 28.7 Å². The number of halogens is 2. The molecule has 3 aromatic rings. The quantitative estimate of drug-likeness (QED) is 0.755. The fraction of sp³-hybridized carbons (Fsp3) is 0.188. The number of hydrogen-bond acceptors (Lipinski definition) is 1. The minimum Gasteiger partial charge on any atom is -0.277 e. The van der Waals surface area contributed by atoms with Gasteiger partial charge in [-0.05, 0) is 29.7 Å². The van der Waals surface area contributed by atoms with E-state index in [0.717, 1.165) is 23.0 Å². The van der Waals surface area contributed by atoms with Crippen molar-refractivity contribution in [1.82, 2.24) is 10.2 Å². The molecule has 0 aliphatic rings. The number of aromatic amines is 1. The van der Waals surface area contributed by atoms with Gasteiger partial charge in [0.05, 0.1) is 11.2 Å². The van der Waals surface area contributed by atoms with Crippen molar-refractivity contribution >= 4 is 22.5 Å². The number of nitrogens with one attached hydrogen (secondary N) is 1. The second-order valence-electron chi connectivity index (χ2n) is 4.78. The number of H-pyrrole nitrogens is 1. The fourth-order valence-electron chi connectivity index (χ4n) is 2.43. The summed E-state index contributed by atoms with van der Waals surface area (Å²) in [6.07, 6.45) is 1.39. The lowest BCUT2D eigenvalue weighted by atomic mass is 10.0. The number of fused-ring (bicyclic) bond motifs is 1. The van der Waals surface area contributed by atoms with Gasteiger partial charge in [0.1, 0.15) is 5.82 Å².